The lowest BCUT2D eigenvalue weighted by Crippen LogP contribution is -2.48. The zero-order chi connectivity index (χ0) is 11.5. The van der Waals surface area contributed by atoms with E-state index in [4.69, 9.17) is 0 Å². The summed E-state index contributed by atoms with van der Waals surface area (Å²) in [4.78, 5) is 12.0. The van der Waals surface area contributed by atoms with E-state index in [1.807, 2.05) is 0 Å². The number of hydrogen-bond acceptors (Lipinski definition) is 2. The van der Waals surface area contributed by atoms with E-state index in [-0.39, 0.29) is 11.9 Å². The molecule has 3 unspecified atom stereocenters. The Labute approximate surface area is 98.4 Å². The Kier molecular flexibility index (Phi) is 3.85. The van der Waals surface area contributed by atoms with Gasteiger partial charge in [-0.25, -0.2) is 0 Å². The second-order valence-electron chi connectivity index (χ2n) is 5.66. The minimum Gasteiger partial charge on any atom is -0.352 e. The average molecular weight is 224 g/mol. The van der Waals surface area contributed by atoms with Crippen molar-refractivity contribution < 1.29 is 4.79 Å². The quantitative estimate of drug-likeness (QED) is 0.749. The minimum atomic E-state index is 0.0755. The predicted molar refractivity (Wildman–Crippen MR) is 65.1 cm³/mol. The van der Waals surface area contributed by atoms with Crippen LogP contribution >= 0.6 is 0 Å². The summed E-state index contributed by atoms with van der Waals surface area (Å²) in [5.41, 5.74) is 0. The number of carbonyl (C=O) groups is 1. The summed E-state index contributed by atoms with van der Waals surface area (Å²) in [5, 5.41) is 6.49. The molecule has 3 nitrogen and oxygen atoms in total. The van der Waals surface area contributed by atoms with Crippen LogP contribution in [-0.4, -0.2) is 24.5 Å². The molecule has 4 atom stereocenters. The molecule has 1 saturated heterocycles. The fourth-order valence-electron chi connectivity index (χ4n) is 3.07. The van der Waals surface area contributed by atoms with Gasteiger partial charge in [0.05, 0.1) is 6.04 Å². The average Bonchev–Trinajstić information content (AvgIpc) is 2.75. The lowest BCUT2D eigenvalue weighted by Gasteiger charge is -2.33. The Bertz CT molecular complexity index is 248. The first-order valence-electron chi connectivity index (χ1n) is 6.70. The van der Waals surface area contributed by atoms with E-state index >= 15 is 0 Å². The van der Waals surface area contributed by atoms with Gasteiger partial charge in [-0.15, -0.1) is 0 Å². The highest BCUT2D eigenvalue weighted by Gasteiger charge is 2.29. The van der Waals surface area contributed by atoms with Crippen LogP contribution in [0.3, 0.4) is 0 Å². The van der Waals surface area contributed by atoms with Crippen LogP contribution in [-0.2, 0) is 4.79 Å². The Balaban J connectivity index is 1.82. The van der Waals surface area contributed by atoms with Gasteiger partial charge in [-0.1, -0.05) is 13.8 Å². The molecule has 0 radical (unpaired) electrons. The third kappa shape index (κ3) is 2.76. The Morgan fingerprint density at radius 2 is 2.06 bits per heavy atom. The van der Waals surface area contributed by atoms with Gasteiger partial charge in [-0.05, 0) is 50.5 Å². The standard InChI is InChI=1S/C13H24N2O/c1-9-5-6-11(10(2)8-9)15-13(16)12-4-3-7-14-12/h9-12,14H,3-8H2,1-2H3,(H,15,16)/t9?,10?,11?,12-/m0/s1. The third-order valence-corrected chi connectivity index (χ3v) is 4.14. The lowest BCUT2D eigenvalue weighted by atomic mass is 9.80. The molecule has 0 aromatic carbocycles. The third-order valence-electron chi connectivity index (χ3n) is 4.14. The van der Waals surface area contributed by atoms with Gasteiger partial charge in [0.25, 0.3) is 0 Å². The number of hydrogen-bond donors (Lipinski definition) is 2. The number of carbonyl (C=O) groups excluding carboxylic acids is 1. The van der Waals surface area contributed by atoms with E-state index in [1.165, 1.54) is 12.8 Å². The van der Waals surface area contributed by atoms with Crippen molar-refractivity contribution in [2.24, 2.45) is 11.8 Å². The van der Waals surface area contributed by atoms with E-state index in [1.54, 1.807) is 0 Å². The molecule has 3 heteroatoms. The second kappa shape index (κ2) is 5.17. The highest BCUT2D eigenvalue weighted by Crippen LogP contribution is 2.28. The Hall–Kier alpha value is -0.570. The number of rotatable bonds is 2. The number of nitrogens with one attached hydrogen (secondary N) is 2. The summed E-state index contributed by atoms with van der Waals surface area (Å²) in [5.74, 6) is 1.69. The summed E-state index contributed by atoms with van der Waals surface area (Å²) in [6.07, 6.45) is 5.80. The second-order valence-corrected chi connectivity index (χ2v) is 5.66. The van der Waals surface area contributed by atoms with Gasteiger partial charge in [0.1, 0.15) is 0 Å². The monoisotopic (exact) mass is 224 g/mol. The fraction of sp³-hybridized carbons (Fsp3) is 0.923. The molecule has 92 valence electrons. The first-order chi connectivity index (χ1) is 7.66. The summed E-state index contributed by atoms with van der Waals surface area (Å²) in [6, 6.07) is 0.484. The molecule has 16 heavy (non-hydrogen) atoms. The highest BCUT2D eigenvalue weighted by molar-refractivity contribution is 5.82. The SMILES string of the molecule is CC1CCC(NC(=O)[C@@H]2CCCN2)C(C)C1. The van der Waals surface area contributed by atoms with Gasteiger partial charge in [0.15, 0.2) is 0 Å². The summed E-state index contributed by atoms with van der Waals surface area (Å²) in [7, 11) is 0. The molecule has 0 spiro atoms. The molecule has 1 aliphatic carbocycles. The van der Waals surface area contributed by atoms with E-state index in [9.17, 15) is 4.79 Å². The van der Waals surface area contributed by atoms with Crippen molar-refractivity contribution in [3.05, 3.63) is 0 Å². The molecule has 0 aromatic heterocycles. The molecule has 2 rings (SSSR count). The van der Waals surface area contributed by atoms with E-state index in [0.717, 1.165) is 31.7 Å². The maximum Gasteiger partial charge on any atom is 0.237 e. The molecule has 2 N–H and O–H groups in total. The predicted octanol–water partition coefficient (Wildman–Crippen LogP) is 1.68. The molecule has 2 fully saturated rings. The van der Waals surface area contributed by atoms with Gasteiger partial charge in [-0.2, -0.15) is 0 Å². The van der Waals surface area contributed by atoms with Crippen molar-refractivity contribution in [3.63, 3.8) is 0 Å². The molecule has 0 aromatic rings. The van der Waals surface area contributed by atoms with Crippen molar-refractivity contribution in [1.82, 2.24) is 10.6 Å². The Morgan fingerprint density at radius 3 is 2.69 bits per heavy atom. The van der Waals surface area contributed by atoms with Gasteiger partial charge in [-0.3, -0.25) is 4.79 Å². The molecule has 1 aliphatic heterocycles. The van der Waals surface area contributed by atoms with Crippen LogP contribution in [0.5, 0.6) is 0 Å². The van der Waals surface area contributed by atoms with Crippen LogP contribution in [0, 0.1) is 11.8 Å². The van der Waals surface area contributed by atoms with Gasteiger partial charge in [0, 0.05) is 6.04 Å². The first-order valence-corrected chi connectivity index (χ1v) is 6.70. The van der Waals surface area contributed by atoms with Crippen LogP contribution in [0.25, 0.3) is 0 Å². The number of amides is 1. The van der Waals surface area contributed by atoms with Crippen molar-refractivity contribution in [2.75, 3.05) is 6.54 Å². The van der Waals surface area contributed by atoms with Crippen LogP contribution in [0.2, 0.25) is 0 Å². The van der Waals surface area contributed by atoms with Gasteiger partial charge < -0.3 is 10.6 Å². The normalized spacial score (nSPS) is 39.6. The van der Waals surface area contributed by atoms with Crippen LogP contribution in [0.1, 0.15) is 46.0 Å². The minimum absolute atomic E-state index is 0.0755. The molecule has 0 bridgehead atoms. The zero-order valence-electron chi connectivity index (χ0n) is 10.5. The Morgan fingerprint density at radius 1 is 1.25 bits per heavy atom. The molecular formula is C13H24N2O. The van der Waals surface area contributed by atoms with E-state index in [2.05, 4.69) is 24.5 Å². The first kappa shape index (κ1) is 11.9. The highest BCUT2D eigenvalue weighted by atomic mass is 16.2. The molecule has 1 heterocycles. The van der Waals surface area contributed by atoms with Crippen LogP contribution in [0.4, 0.5) is 0 Å². The van der Waals surface area contributed by atoms with Crippen molar-refractivity contribution in [2.45, 2.75) is 58.0 Å². The molecule has 2 aliphatic rings. The van der Waals surface area contributed by atoms with Crippen molar-refractivity contribution >= 4 is 5.91 Å². The van der Waals surface area contributed by atoms with Crippen molar-refractivity contribution in [1.29, 1.82) is 0 Å². The maximum absolute atomic E-state index is 12.0. The maximum atomic E-state index is 12.0. The van der Waals surface area contributed by atoms with Gasteiger partial charge >= 0.3 is 0 Å². The summed E-state index contributed by atoms with van der Waals surface area (Å²) >= 11 is 0. The van der Waals surface area contributed by atoms with E-state index in [0.29, 0.717) is 12.0 Å². The van der Waals surface area contributed by atoms with Crippen LogP contribution < -0.4 is 10.6 Å². The smallest absolute Gasteiger partial charge is 0.237 e. The van der Waals surface area contributed by atoms with Crippen LogP contribution in [0.15, 0.2) is 0 Å². The zero-order valence-corrected chi connectivity index (χ0v) is 10.5. The fourth-order valence-corrected chi connectivity index (χ4v) is 3.07. The largest absolute Gasteiger partial charge is 0.352 e. The van der Waals surface area contributed by atoms with Gasteiger partial charge in [0.2, 0.25) is 5.91 Å². The van der Waals surface area contributed by atoms with Crippen molar-refractivity contribution in [3.8, 4) is 0 Å². The molecule has 1 amide bonds. The molecular weight excluding hydrogens is 200 g/mol. The summed E-state index contributed by atoms with van der Waals surface area (Å²) in [6.45, 7) is 5.57. The summed E-state index contributed by atoms with van der Waals surface area (Å²) < 4.78 is 0. The lowest BCUT2D eigenvalue weighted by molar-refractivity contribution is -0.124. The van der Waals surface area contributed by atoms with E-state index < -0.39 is 0 Å². The molecule has 1 saturated carbocycles. The topological polar surface area (TPSA) is 41.1 Å².